The molecule has 1 saturated carbocycles. The number of carbonyl (C=O) groups is 2. The Morgan fingerprint density at radius 1 is 1.14 bits per heavy atom. The lowest BCUT2D eigenvalue weighted by Gasteiger charge is -2.26. The SMILES string of the molecule is CC(C)OC(=N)c1c(-c2ccc(C(=O)N3CC4CNCC4C3)cc2)cc(C=O)nc1NC1CCCCC1. The van der Waals surface area contributed by atoms with Gasteiger partial charge in [-0.3, -0.25) is 15.0 Å². The number of anilines is 1. The lowest BCUT2D eigenvalue weighted by atomic mass is 9.94. The van der Waals surface area contributed by atoms with E-state index in [9.17, 15) is 9.59 Å². The molecule has 0 radical (unpaired) electrons. The molecule has 3 heterocycles. The maximum absolute atomic E-state index is 13.2. The molecule has 3 fully saturated rings. The van der Waals surface area contributed by atoms with Crippen LogP contribution >= 0.6 is 0 Å². The maximum atomic E-state index is 13.2. The van der Waals surface area contributed by atoms with Gasteiger partial charge in [-0.25, -0.2) is 4.98 Å². The summed E-state index contributed by atoms with van der Waals surface area (Å²) < 4.78 is 5.82. The number of ether oxygens (including phenoxy) is 1. The number of benzene rings is 1. The standard InChI is InChI=1S/C29H37N5O3/c1-18(2)37-27(30)26-25(12-24(17-35)33-28(26)32-23-6-4-3-5-7-23)19-8-10-20(11-9-19)29(36)34-15-21-13-31-14-22(21)16-34/h8-12,17-18,21-23,30-31H,3-7,13-16H2,1-2H3,(H,32,33). The monoisotopic (exact) mass is 503 g/mol. The zero-order valence-electron chi connectivity index (χ0n) is 21.8. The third kappa shape index (κ3) is 5.54. The molecule has 5 rings (SSSR count). The minimum Gasteiger partial charge on any atom is -0.475 e. The third-order valence-corrected chi connectivity index (χ3v) is 7.81. The van der Waals surface area contributed by atoms with Crippen LogP contribution in [-0.2, 0) is 4.74 Å². The molecule has 2 saturated heterocycles. The molecule has 8 heteroatoms. The number of hydrogen-bond acceptors (Lipinski definition) is 7. The van der Waals surface area contributed by atoms with Crippen molar-refractivity contribution in [1.82, 2.24) is 15.2 Å². The van der Waals surface area contributed by atoms with Gasteiger partial charge in [0.15, 0.2) is 6.29 Å². The molecule has 2 atom stereocenters. The van der Waals surface area contributed by atoms with E-state index in [2.05, 4.69) is 15.6 Å². The molecular weight excluding hydrogens is 466 g/mol. The van der Waals surface area contributed by atoms with Crippen LogP contribution in [0.5, 0.6) is 0 Å². The van der Waals surface area contributed by atoms with E-state index in [0.29, 0.717) is 40.0 Å². The number of nitrogens with zero attached hydrogens (tertiary/aromatic N) is 2. The van der Waals surface area contributed by atoms with Crippen LogP contribution in [-0.4, -0.2) is 66.3 Å². The molecule has 3 N–H and O–H groups in total. The van der Waals surface area contributed by atoms with E-state index in [1.54, 1.807) is 6.07 Å². The van der Waals surface area contributed by atoms with Crippen LogP contribution in [0.4, 0.5) is 5.82 Å². The van der Waals surface area contributed by atoms with Crippen LogP contribution < -0.4 is 10.6 Å². The van der Waals surface area contributed by atoms with Crippen molar-refractivity contribution < 1.29 is 14.3 Å². The second-order valence-corrected chi connectivity index (χ2v) is 10.9. The Balaban J connectivity index is 1.46. The molecule has 1 aliphatic carbocycles. The van der Waals surface area contributed by atoms with Crippen LogP contribution in [0.1, 0.15) is 72.4 Å². The molecule has 8 nitrogen and oxygen atoms in total. The first-order valence-corrected chi connectivity index (χ1v) is 13.6. The van der Waals surface area contributed by atoms with Gasteiger partial charge in [0.25, 0.3) is 5.91 Å². The van der Waals surface area contributed by atoms with Gasteiger partial charge in [-0.05, 0) is 62.3 Å². The van der Waals surface area contributed by atoms with Crippen LogP contribution in [0.2, 0.25) is 0 Å². The predicted octanol–water partition coefficient (Wildman–Crippen LogP) is 4.35. The van der Waals surface area contributed by atoms with E-state index in [0.717, 1.165) is 63.7 Å². The summed E-state index contributed by atoms with van der Waals surface area (Å²) >= 11 is 0. The van der Waals surface area contributed by atoms with Crippen molar-refractivity contribution in [2.45, 2.75) is 58.1 Å². The zero-order valence-corrected chi connectivity index (χ0v) is 21.8. The minimum absolute atomic E-state index is 0.0191. The number of hydrogen-bond donors (Lipinski definition) is 3. The Morgan fingerprint density at radius 3 is 2.43 bits per heavy atom. The van der Waals surface area contributed by atoms with Gasteiger partial charge in [-0.2, -0.15) is 0 Å². The van der Waals surface area contributed by atoms with E-state index >= 15 is 0 Å². The zero-order chi connectivity index (χ0) is 25.9. The summed E-state index contributed by atoms with van der Waals surface area (Å²) in [6.45, 7) is 7.35. The highest BCUT2D eigenvalue weighted by Gasteiger charge is 2.38. The fourth-order valence-corrected chi connectivity index (χ4v) is 5.92. The van der Waals surface area contributed by atoms with Gasteiger partial charge >= 0.3 is 0 Å². The molecule has 196 valence electrons. The van der Waals surface area contributed by atoms with Gasteiger partial charge in [0.05, 0.1) is 11.7 Å². The number of amides is 1. The minimum atomic E-state index is -0.177. The van der Waals surface area contributed by atoms with Crippen molar-refractivity contribution in [1.29, 1.82) is 5.41 Å². The summed E-state index contributed by atoms with van der Waals surface area (Å²) in [5.74, 6) is 1.68. The van der Waals surface area contributed by atoms with Crippen molar-refractivity contribution in [3.8, 4) is 11.1 Å². The number of aldehydes is 1. The highest BCUT2D eigenvalue weighted by Crippen LogP contribution is 2.33. The highest BCUT2D eigenvalue weighted by molar-refractivity contribution is 6.05. The largest absolute Gasteiger partial charge is 0.475 e. The average Bonchev–Trinajstić information content (AvgIpc) is 3.51. The molecule has 2 aliphatic heterocycles. The molecule has 3 aliphatic rings. The van der Waals surface area contributed by atoms with Crippen molar-refractivity contribution in [2.75, 3.05) is 31.5 Å². The molecule has 37 heavy (non-hydrogen) atoms. The van der Waals surface area contributed by atoms with Crippen molar-refractivity contribution in [3.05, 3.63) is 47.2 Å². The number of carbonyl (C=O) groups excluding carboxylic acids is 2. The first-order chi connectivity index (χ1) is 17.9. The van der Waals surface area contributed by atoms with Gasteiger partial charge in [0, 0.05) is 43.3 Å². The van der Waals surface area contributed by atoms with Gasteiger partial charge in [0.1, 0.15) is 11.5 Å². The Bertz CT molecular complexity index is 1140. The molecule has 0 bridgehead atoms. The van der Waals surface area contributed by atoms with E-state index in [1.807, 2.05) is 43.0 Å². The Hall–Kier alpha value is -3.26. The van der Waals surface area contributed by atoms with Gasteiger partial charge in [0.2, 0.25) is 5.90 Å². The van der Waals surface area contributed by atoms with E-state index in [4.69, 9.17) is 10.1 Å². The second kappa shape index (κ2) is 11.0. The lowest BCUT2D eigenvalue weighted by Crippen LogP contribution is -2.31. The van der Waals surface area contributed by atoms with E-state index in [-0.39, 0.29) is 24.0 Å². The van der Waals surface area contributed by atoms with Gasteiger partial charge in [-0.15, -0.1) is 0 Å². The summed E-state index contributed by atoms with van der Waals surface area (Å²) in [5, 5.41) is 15.7. The topological polar surface area (TPSA) is 107 Å². The molecular formula is C29H37N5O3. The fraction of sp³-hybridized carbons (Fsp3) is 0.517. The van der Waals surface area contributed by atoms with Crippen LogP contribution in [0, 0.1) is 17.2 Å². The number of likely N-dealkylation sites (tertiary alicyclic amines) is 1. The van der Waals surface area contributed by atoms with Gasteiger partial charge < -0.3 is 20.3 Å². The molecule has 2 aromatic rings. The third-order valence-electron chi connectivity index (χ3n) is 7.81. The number of nitrogens with one attached hydrogen (secondary N) is 3. The van der Waals surface area contributed by atoms with Crippen molar-refractivity contribution in [3.63, 3.8) is 0 Å². The summed E-state index contributed by atoms with van der Waals surface area (Å²) in [4.78, 5) is 31.5. The molecule has 1 aromatic carbocycles. The summed E-state index contributed by atoms with van der Waals surface area (Å²) in [6.07, 6.45) is 6.16. The van der Waals surface area contributed by atoms with E-state index < -0.39 is 0 Å². The van der Waals surface area contributed by atoms with E-state index in [1.165, 1.54) is 6.42 Å². The smallest absolute Gasteiger partial charge is 0.253 e. The van der Waals surface area contributed by atoms with Gasteiger partial charge in [-0.1, -0.05) is 31.4 Å². The molecule has 2 unspecified atom stereocenters. The summed E-state index contributed by atoms with van der Waals surface area (Å²) in [5.41, 5.74) is 3.00. The Kier molecular flexibility index (Phi) is 7.55. The predicted molar refractivity (Wildman–Crippen MR) is 144 cm³/mol. The maximum Gasteiger partial charge on any atom is 0.253 e. The number of fused-ring (bicyclic) bond motifs is 1. The second-order valence-electron chi connectivity index (χ2n) is 10.9. The first-order valence-electron chi connectivity index (χ1n) is 13.6. The normalized spacial score (nSPS) is 21.6. The number of aromatic nitrogens is 1. The highest BCUT2D eigenvalue weighted by atomic mass is 16.5. The summed E-state index contributed by atoms with van der Waals surface area (Å²) in [7, 11) is 0. The number of pyridine rings is 1. The molecule has 1 aromatic heterocycles. The van der Waals surface area contributed by atoms with Crippen molar-refractivity contribution in [2.24, 2.45) is 11.8 Å². The molecule has 1 amide bonds. The Morgan fingerprint density at radius 2 is 1.81 bits per heavy atom. The van der Waals surface area contributed by atoms with Crippen LogP contribution in [0.3, 0.4) is 0 Å². The van der Waals surface area contributed by atoms with Crippen molar-refractivity contribution >= 4 is 23.9 Å². The fourth-order valence-electron chi connectivity index (χ4n) is 5.92. The quantitative estimate of drug-likeness (QED) is 0.295. The van der Waals surface area contributed by atoms with Crippen LogP contribution in [0.25, 0.3) is 11.1 Å². The number of rotatable bonds is 7. The first kappa shape index (κ1) is 25.4. The summed E-state index contributed by atoms with van der Waals surface area (Å²) in [6, 6.07) is 9.43. The Labute approximate surface area is 218 Å². The average molecular weight is 504 g/mol. The lowest BCUT2D eigenvalue weighted by molar-refractivity contribution is 0.0781. The van der Waals surface area contributed by atoms with Crippen LogP contribution in [0.15, 0.2) is 30.3 Å². The molecule has 0 spiro atoms.